The molecular weight excluding hydrogens is 236 g/mol. The van der Waals surface area contributed by atoms with Crippen LogP contribution in [0.5, 0.6) is 5.75 Å². The third-order valence-electron chi connectivity index (χ3n) is 2.25. The van der Waals surface area contributed by atoms with Crippen molar-refractivity contribution >= 4 is 5.91 Å². The number of carbonyl (C=O) groups excluding carboxylic acids is 1. The molecule has 8 nitrogen and oxygen atoms in total. The summed E-state index contributed by atoms with van der Waals surface area (Å²) in [5, 5.41) is 11.7. The third kappa shape index (κ3) is 2.61. The van der Waals surface area contributed by atoms with Crippen LogP contribution in [0.4, 0.5) is 0 Å². The van der Waals surface area contributed by atoms with E-state index in [0.29, 0.717) is 5.82 Å². The average Bonchev–Trinajstić information content (AvgIpc) is 2.87. The highest BCUT2D eigenvalue weighted by Gasteiger charge is 2.08. The molecule has 3 N–H and O–H groups in total. The molecule has 0 aliphatic heterocycles. The van der Waals surface area contributed by atoms with Crippen molar-refractivity contribution < 1.29 is 9.53 Å². The number of hydrogen-bond donors (Lipinski definition) is 2. The first-order valence-corrected chi connectivity index (χ1v) is 5.14. The zero-order chi connectivity index (χ0) is 13.0. The van der Waals surface area contributed by atoms with Gasteiger partial charge in [-0.05, 0) is 29.5 Å². The monoisotopic (exact) mass is 248 g/mol. The third-order valence-corrected chi connectivity index (χ3v) is 2.25. The van der Waals surface area contributed by atoms with Crippen molar-refractivity contribution in [3.8, 4) is 17.1 Å². The van der Waals surface area contributed by atoms with E-state index in [1.165, 1.54) is 4.80 Å². The van der Waals surface area contributed by atoms with E-state index in [4.69, 9.17) is 10.6 Å². The minimum Gasteiger partial charge on any atom is -0.497 e. The standard InChI is InChI=1S/C10H12N6O2/c1-18-8-4-2-7(3-5-8)10-13-15-16(14-10)6-9(17)12-11/h2-5H,6,11H2,1H3,(H,12,17). The number of hydrazine groups is 1. The number of aromatic nitrogens is 4. The van der Waals surface area contributed by atoms with Crippen LogP contribution in [0, 0.1) is 0 Å². The molecule has 0 unspecified atom stereocenters. The molecule has 1 heterocycles. The molecule has 1 aromatic heterocycles. The summed E-state index contributed by atoms with van der Waals surface area (Å²) >= 11 is 0. The minimum atomic E-state index is -0.395. The van der Waals surface area contributed by atoms with Gasteiger partial charge < -0.3 is 4.74 Å². The summed E-state index contributed by atoms with van der Waals surface area (Å²) in [5.74, 6) is 5.75. The van der Waals surface area contributed by atoms with Crippen LogP contribution in [0.2, 0.25) is 0 Å². The maximum atomic E-state index is 11.0. The van der Waals surface area contributed by atoms with E-state index < -0.39 is 5.91 Å². The van der Waals surface area contributed by atoms with Crippen LogP contribution >= 0.6 is 0 Å². The number of benzene rings is 1. The molecular formula is C10H12N6O2. The fourth-order valence-electron chi connectivity index (χ4n) is 1.34. The number of amides is 1. The van der Waals surface area contributed by atoms with Crippen LogP contribution in [0.1, 0.15) is 0 Å². The second-order valence-electron chi connectivity index (χ2n) is 3.44. The first kappa shape index (κ1) is 12.0. The summed E-state index contributed by atoms with van der Waals surface area (Å²) in [6.07, 6.45) is 0. The van der Waals surface area contributed by atoms with Crippen molar-refractivity contribution in [1.82, 2.24) is 25.6 Å². The van der Waals surface area contributed by atoms with Crippen molar-refractivity contribution in [2.24, 2.45) is 5.84 Å². The van der Waals surface area contributed by atoms with E-state index in [1.807, 2.05) is 17.6 Å². The summed E-state index contributed by atoms with van der Waals surface area (Å²) in [4.78, 5) is 12.2. The molecule has 0 saturated heterocycles. The molecule has 0 fully saturated rings. The van der Waals surface area contributed by atoms with Gasteiger partial charge in [0.2, 0.25) is 5.82 Å². The molecule has 18 heavy (non-hydrogen) atoms. The summed E-state index contributed by atoms with van der Waals surface area (Å²) in [6, 6.07) is 7.21. The smallest absolute Gasteiger partial charge is 0.257 e. The number of nitrogens with one attached hydrogen (secondary N) is 1. The molecule has 2 rings (SSSR count). The van der Waals surface area contributed by atoms with Crippen LogP contribution in [-0.2, 0) is 11.3 Å². The lowest BCUT2D eigenvalue weighted by atomic mass is 10.2. The molecule has 0 atom stereocenters. The Balaban J connectivity index is 2.15. The number of ether oxygens (including phenoxy) is 1. The van der Waals surface area contributed by atoms with Gasteiger partial charge in [0.25, 0.3) is 5.91 Å². The van der Waals surface area contributed by atoms with E-state index in [-0.39, 0.29) is 6.54 Å². The Morgan fingerprint density at radius 1 is 1.44 bits per heavy atom. The second-order valence-corrected chi connectivity index (χ2v) is 3.44. The van der Waals surface area contributed by atoms with Gasteiger partial charge in [0, 0.05) is 5.56 Å². The van der Waals surface area contributed by atoms with Crippen LogP contribution in [0.3, 0.4) is 0 Å². The van der Waals surface area contributed by atoms with Crippen LogP contribution in [0.25, 0.3) is 11.4 Å². The average molecular weight is 248 g/mol. The topological polar surface area (TPSA) is 108 Å². The molecule has 0 aliphatic rings. The summed E-state index contributed by atoms with van der Waals surface area (Å²) in [5.41, 5.74) is 2.78. The molecule has 8 heteroatoms. The van der Waals surface area contributed by atoms with Crippen molar-refractivity contribution in [2.45, 2.75) is 6.54 Å². The lowest BCUT2D eigenvalue weighted by Gasteiger charge is -1.99. The van der Waals surface area contributed by atoms with Gasteiger partial charge in [0.05, 0.1) is 7.11 Å². The van der Waals surface area contributed by atoms with Gasteiger partial charge in [-0.15, -0.1) is 10.2 Å². The van der Waals surface area contributed by atoms with Crippen molar-refractivity contribution in [3.63, 3.8) is 0 Å². The zero-order valence-corrected chi connectivity index (χ0v) is 9.70. The van der Waals surface area contributed by atoms with E-state index >= 15 is 0 Å². The normalized spacial score (nSPS) is 10.1. The molecule has 0 radical (unpaired) electrons. The number of hydrogen-bond acceptors (Lipinski definition) is 6. The number of tetrazole rings is 1. The first-order valence-electron chi connectivity index (χ1n) is 5.14. The lowest BCUT2D eigenvalue weighted by molar-refractivity contribution is -0.122. The SMILES string of the molecule is COc1ccc(-c2nnn(CC(=O)NN)n2)cc1. The van der Waals surface area contributed by atoms with Crippen molar-refractivity contribution in [2.75, 3.05) is 7.11 Å². The van der Waals surface area contributed by atoms with Gasteiger partial charge in [0.15, 0.2) is 0 Å². The van der Waals surface area contributed by atoms with Crippen LogP contribution in [-0.4, -0.2) is 33.2 Å². The van der Waals surface area contributed by atoms with Gasteiger partial charge in [-0.2, -0.15) is 4.80 Å². The van der Waals surface area contributed by atoms with E-state index in [9.17, 15) is 4.79 Å². The maximum absolute atomic E-state index is 11.0. The number of rotatable bonds is 4. The second kappa shape index (κ2) is 5.23. The molecule has 0 saturated carbocycles. The number of nitrogens with two attached hydrogens (primary N) is 1. The van der Waals surface area contributed by atoms with Crippen molar-refractivity contribution in [3.05, 3.63) is 24.3 Å². The van der Waals surface area contributed by atoms with Gasteiger partial charge in [-0.25, -0.2) is 5.84 Å². The number of nitrogens with zero attached hydrogens (tertiary/aromatic N) is 4. The van der Waals surface area contributed by atoms with E-state index in [2.05, 4.69) is 15.4 Å². The Kier molecular flexibility index (Phi) is 3.49. The fourth-order valence-corrected chi connectivity index (χ4v) is 1.34. The molecule has 1 aromatic carbocycles. The zero-order valence-electron chi connectivity index (χ0n) is 9.70. The Bertz CT molecular complexity index is 536. The Morgan fingerprint density at radius 2 is 2.17 bits per heavy atom. The lowest BCUT2D eigenvalue weighted by Crippen LogP contribution is -2.33. The molecule has 0 bridgehead atoms. The van der Waals surface area contributed by atoms with E-state index in [0.717, 1.165) is 11.3 Å². The molecule has 1 amide bonds. The fraction of sp³-hybridized carbons (Fsp3) is 0.200. The van der Waals surface area contributed by atoms with Crippen LogP contribution < -0.4 is 16.0 Å². The highest BCUT2D eigenvalue weighted by atomic mass is 16.5. The minimum absolute atomic E-state index is 0.0698. The highest BCUT2D eigenvalue weighted by molar-refractivity contribution is 5.74. The first-order chi connectivity index (χ1) is 8.72. The summed E-state index contributed by atoms with van der Waals surface area (Å²) < 4.78 is 5.05. The highest BCUT2D eigenvalue weighted by Crippen LogP contribution is 2.17. The van der Waals surface area contributed by atoms with E-state index in [1.54, 1.807) is 19.2 Å². The maximum Gasteiger partial charge on any atom is 0.257 e. The van der Waals surface area contributed by atoms with Gasteiger partial charge in [-0.1, -0.05) is 0 Å². The van der Waals surface area contributed by atoms with Gasteiger partial charge in [-0.3, -0.25) is 10.2 Å². The Hall–Kier alpha value is -2.48. The summed E-state index contributed by atoms with van der Waals surface area (Å²) in [6.45, 7) is -0.0698. The Labute approximate surface area is 103 Å². The molecule has 0 aliphatic carbocycles. The number of methoxy groups -OCH3 is 1. The summed E-state index contributed by atoms with van der Waals surface area (Å²) in [7, 11) is 1.59. The van der Waals surface area contributed by atoms with Crippen molar-refractivity contribution in [1.29, 1.82) is 0 Å². The quantitative estimate of drug-likeness (QED) is 0.422. The molecule has 0 spiro atoms. The largest absolute Gasteiger partial charge is 0.497 e. The Morgan fingerprint density at radius 3 is 2.78 bits per heavy atom. The predicted octanol–water partition coefficient (Wildman–Crippen LogP) is -0.661. The predicted molar refractivity (Wildman–Crippen MR) is 62.1 cm³/mol. The molecule has 2 aromatic rings. The number of carbonyl (C=O) groups is 1. The van der Waals surface area contributed by atoms with Gasteiger partial charge in [0.1, 0.15) is 12.3 Å². The van der Waals surface area contributed by atoms with Gasteiger partial charge >= 0.3 is 0 Å². The molecule has 94 valence electrons. The van der Waals surface area contributed by atoms with Crippen LogP contribution in [0.15, 0.2) is 24.3 Å².